The number of aryl methyl sites for hydroxylation is 2. The number of aromatic nitrogens is 3. The Hall–Kier alpha value is -3.85. The number of carbonyl (C=O) groups is 3. The van der Waals surface area contributed by atoms with Crippen LogP contribution in [0.3, 0.4) is 0 Å². The van der Waals surface area contributed by atoms with Crippen molar-refractivity contribution < 1.29 is 14.4 Å². The number of thiazole rings is 1. The number of imide groups is 1. The first-order valence-corrected chi connectivity index (χ1v) is 10.5. The fourth-order valence-corrected chi connectivity index (χ4v) is 4.53. The van der Waals surface area contributed by atoms with Gasteiger partial charge in [0.05, 0.1) is 16.8 Å². The number of fused-ring (bicyclic) bond motifs is 2. The van der Waals surface area contributed by atoms with E-state index in [-0.39, 0.29) is 5.95 Å². The second-order valence-corrected chi connectivity index (χ2v) is 8.20. The van der Waals surface area contributed by atoms with Crippen LogP contribution < -0.4 is 5.32 Å². The lowest BCUT2D eigenvalue weighted by molar-refractivity contribution is -0.116. The van der Waals surface area contributed by atoms with Gasteiger partial charge in [-0.15, -0.1) is 16.4 Å². The number of hydrogen-bond acceptors (Lipinski definition) is 6. The smallest absolute Gasteiger partial charge is 0.262 e. The molecule has 2 aromatic carbocycles. The van der Waals surface area contributed by atoms with E-state index < -0.39 is 24.3 Å². The van der Waals surface area contributed by atoms with E-state index >= 15 is 0 Å². The highest BCUT2D eigenvalue weighted by Crippen LogP contribution is 2.29. The molecule has 0 atom stereocenters. The van der Waals surface area contributed by atoms with Gasteiger partial charge in [-0.05, 0) is 31.5 Å². The molecule has 8 nitrogen and oxygen atoms in total. The standard InChI is InChI=1S/C22H17N5O3S/c1-12-7-8-14(13(2)9-12)17-11-31-22-24-21(25-27(17)22)23-18(28)10-26-19(29)15-5-3-4-6-16(15)20(26)30/h3-9,11H,10H2,1-2H3,(H,23,25,28). The van der Waals surface area contributed by atoms with E-state index in [1.54, 1.807) is 28.8 Å². The number of anilines is 1. The van der Waals surface area contributed by atoms with Crippen molar-refractivity contribution in [3.8, 4) is 11.3 Å². The third-order valence-electron chi connectivity index (χ3n) is 5.17. The molecule has 31 heavy (non-hydrogen) atoms. The largest absolute Gasteiger partial charge is 0.292 e. The minimum atomic E-state index is -0.541. The molecule has 0 radical (unpaired) electrons. The highest BCUT2D eigenvalue weighted by atomic mass is 32.1. The van der Waals surface area contributed by atoms with Crippen LogP contribution in [0.15, 0.2) is 47.8 Å². The molecule has 4 aromatic rings. The number of carbonyl (C=O) groups excluding carboxylic acids is 3. The summed E-state index contributed by atoms with van der Waals surface area (Å²) >= 11 is 1.41. The van der Waals surface area contributed by atoms with Crippen LogP contribution in [0, 0.1) is 13.8 Å². The molecule has 0 spiro atoms. The highest BCUT2D eigenvalue weighted by molar-refractivity contribution is 7.15. The maximum atomic E-state index is 12.5. The van der Waals surface area contributed by atoms with Crippen LogP contribution >= 0.6 is 11.3 Å². The summed E-state index contributed by atoms with van der Waals surface area (Å²) in [5.41, 5.74) is 4.81. The van der Waals surface area contributed by atoms with Crippen LogP contribution in [0.2, 0.25) is 0 Å². The Labute approximate surface area is 181 Å². The Morgan fingerprint density at radius 3 is 2.42 bits per heavy atom. The van der Waals surface area contributed by atoms with E-state index in [1.807, 2.05) is 31.4 Å². The van der Waals surface area contributed by atoms with Crippen LogP contribution in [-0.4, -0.2) is 43.8 Å². The topological polar surface area (TPSA) is 96.7 Å². The van der Waals surface area contributed by atoms with Crippen molar-refractivity contribution in [2.24, 2.45) is 0 Å². The van der Waals surface area contributed by atoms with Gasteiger partial charge < -0.3 is 0 Å². The molecule has 0 saturated heterocycles. The number of nitrogens with one attached hydrogen (secondary N) is 1. The molecule has 0 fully saturated rings. The molecule has 0 saturated carbocycles. The van der Waals surface area contributed by atoms with Crippen molar-refractivity contribution in [3.05, 3.63) is 70.1 Å². The van der Waals surface area contributed by atoms with Crippen LogP contribution in [0.4, 0.5) is 5.95 Å². The summed E-state index contributed by atoms with van der Waals surface area (Å²) in [7, 11) is 0. The molecular weight excluding hydrogens is 414 g/mol. The molecule has 2 aromatic heterocycles. The normalized spacial score (nSPS) is 13.2. The van der Waals surface area contributed by atoms with E-state index in [4.69, 9.17) is 0 Å². The average molecular weight is 431 g/mol. The van der Waals surface area contributed by atoms with Crippen molar-refractivity contribution in [2.45, 2.75) is 13.8 Å². The maximum absolute atomic E-state index is 12.5. The van der Waals surface area contributed by atoms with Gasteiger partial charge in [0.2, 0.25) is 10.9 Å². The van der Waals surface area contributed by atoms with Gasteiger partial charge in [0.1, 0.15) is 6.54 Å². The van der Waals surface area contributed by atoms with Gasteiger partial charge in [-0.2, -0.15) is 4.98 Å². The number of nitrogens with zero attached hydrogens (tertiary/aromatic N) is 4. The van der Waals surface area contributed by atoms with E-state index in [1.165, 1.54) is 16.9 Å². The van der Waals surface area contributed by atoms with Crippen LogP contribution in [0.25, 0.3) is 16.2 Å². The Kier molecular flexibility index (Phi) is 4.40. The third kappa shape index (κ3) is 3.19. The van der Waals surface area contributed by atoms with Gasteiger partial charge in [-0.1, -0.05) is 35.9 Å². The van der Waals surface area contributed by atoms with Gasteiger partial charge in [-0.3, -0.25) is 24.6 Å². The van der Waals surface area contributed by atoms with Gasteiger partial charge in [0.15, 0.2) is 0 Å². The van der Waals surface area contributed by atoms with Crippen molar-refractivity contribution in [1.82, 2.24) is 19.5 Å². The molecule has 1 aliphatic rings. The van der Waals surface area contributed by atoms with Gasteiger partial charge in [0.25, 0.3) is 17.8 Å². The average Bonchev–Trinajstić information content (AvgIpc) is 3.37. The predicted octanol–water partition coefficient (Wildman–Crippen LogP) is 3.31. The van der Waals surface area contributed by atoms with E-state index in [9.17, 15) is 14.4 Å². The first-order chi connectivity index (χ1) is 14.9. The minimum absolute atomic E-state index is 0.125. The fraction of sp³-hybridized carbons (Fsp3) is 0.136. The lowest BCUT2D eigenvalue weighted by Crippen LogP contribution is -2.37. The first-order valence-electron chi connectivity index (χ1n) is 9.59. The summed E-state index contributed by atoms with van der Waals surface area (Å²) in [5.74, 6) is -1.38. The highest BCUT2D eigenvalue weighted by Gasteiger charge is 2.36. The Bertz CT molecular complexity index is 1350. The molecule has 0 aliphatic carbocycles. The quantitative estimate of drug-likeness (QED) is 0.500. The summed E-state index contributed by atoms with van der Waals surface area (Å²) in [5, 5.41) is 8.96. The summed E-state index contributed by atoms with van der Waals surface area (Å²) in [6, 6.07) is 12.7. The Morgan fingerprint density at radius 2 is 1.74 bits per heavy atom. The van der Waals surface area contributed by atoms with Crippen molar-refractivity contribution in [1.29, 1.82) is 0 Å². The minimum Gasteiger partial charge on any atom is -0.292 e. The van der Waals surface area contributed by atoms with Crippen LogP contribution in [-0.2, 0) is 4.79 Å². The lowest BCUT2D eigenvalue weighted by Gasteiger charge is -2.12. The first kappa shape index (κ1) is 19.1. The Morgan fingerprint density at radius 1 is 1.03 bits per heavy atom. The molecule has 0 bridgehead atoms. The maximum Gasteiger partial charge on any atom is 0.262 e. The molecule has 3 amide bonds. The van der Waals surface area contributed by atoms with Crippen molar-refractivity contribution in [3.63, 3.8) is 0 Å². The predicted molar refractivity (Wildman–Crippen MR) is 116 cm³/mol. The van der Waals surface area contributed by atoms with Gasteiger partial charge in [-0.25, -0.2) is 4.52 Å². The van der Waals surface area contributed by atoms with Gasteiger partial charge in [0, 0.05) is 10.9 Å². The Balaban J connectivity index is 1.36. The SMILES string of the molecule is Cc1ccc(-c2csc3nc(NC(=O)CN4C(=O)c5ccccc5C4=O)nn23)c(C)c1. The van der Waals surface area contributed by atoms with Crippen molar-refractivity contribution in [2.75, 3.05) is 11.9 Å². The number of hydrogen-bond donors (Lipinski definition) is 1. The van der Waals surface area contributed by atoms with E-state index in [0.717, 1.165) is 21.7 Å². The van der Waals surface area contributed by atoms with E-state index in [2.05, 4.69) is 21.5 Å². The number of rotatable bonds is 4. The summed E-state index contributed by atoms with van der Waals surface area (Å²) < 4.78 is 1.68. The van der Waals surface area contributed by atoms with E-state index in [0.29, 0.717) is 16.1 Å². The molecule has 5 rings (SSSR count). The number of benzene rings is 2. The monoisotopic (exact) mass is 431 g/mol. The fourth-order valence-electron chi connectivity index (χ4n) is 3.71. The summed E-state index contributed by atoms with van der Waals surface area (Å²) in [6.07, 6.45) is 0. The zero-order valence-electron chi connectivity index (χ0n) is 16.7. The summed E-state index contributed by atoms with van der Waals surface area (Å²) in [6.45, 7) is 3.67. The van der Waals surface area contributed by atoms with Gasteiger partial charge >= 0.3 is 0 Å². The lowest BCUT2D eigenvalue weighted by atomic mass is 10.0. The molecule has 1 N–H and O–H groups in total. The molecule has 1 aliphatic heterocycles. The zero-order valence-corrected chi connectivity index (χ0v) is 17.6. The second kappa shape index (κ2) is 7.13. The van der Waals surface area contributed by atoms with Crippen molar-refractivity contribution >= 4 is 40.0 Å². The second-order valence-electron chi connectivity index (χ2n) is 7.36. The molecule has 9 heteroatoms. The third-order valence-corrected chi connectivity index (χ3v) is 5.99. The number of amides is 3. The summed E-state index contributed by atoms with van der Waals surface area (Å²) in [4.78, 5) is 43.3. The molecular formula is C22H17N5O3S. The zero-order chi connectivity index (χ0) is 21.7. The molecule has 154 valence electrons. The molecule has 0 unspecified atom stereocenters. The molecule has 3 heterocycles. The van der Waals surface area contributed by atoms with Crippen LogP contribution in [0.5, 0.6) is 0 Å². The van der Waals surface area contributed by atoms with Crippen LogP contribution in [0.1, 0.15) is 31.8 Å².